The number of carbonyl (C=O) groups excluding carboxylic acids is 2. The standard InChI is InChI=1S/C22H28IN3O4S/c1-4-20(22(28)24-5-2)25(15-17-9-7-6-8-10-17)21(27)16-26(31(3,29)30)19-13-11-18(23)12-14-19/h6-14,20H,4-5,15-16H2,1-3H3,(H,24,28)/t20-/m0/s1. The number of carbonyl (C=O) groups is 2. The molecule has 0 bridgehead atoms. The second-order valence-corrected chi connectivity index (χ2v) is 10.2. The molecule has 1 atom stereocenters. The first-order chi connectivity index (χ1) is 14.7. The van der Waals surface area contributed by atoms with Crippen molar-refractivity contribution in [3.8, 4) is 0 Å². The number of benzene rings is 2. The van der Waals surface area contributed by atoms with Crippen LogP contribution in [0.4, 0.5) is 5.69 Å². The average Bonchev–Trinajstić information content (AvgIpc) is 2.72. The Labute approximate surface area is 198 Å². The van der Waals surface area contributed by atoms with Crippen LogP contribution in [0.2, 0.25) is 0 Å². The molecule has 0 aromatic heterocycles. The summed E-state index contributed by atoms with van der Waals surface area (Å²) in [6.45, 7) is 3.91. The van der Waals surface area contributed by atoms with Crippen molar-refractivity contribution in [3.63, 3.8) is 0 Å². The van der Waals surface area contributed by atoms with Gasteiger partial charge in [-0.2, -0.15) is 0 Å². The van der Waals surface area contributed by atoms with Crippen LogP contribution in [0.15, 0.2) is 54.6 Å². The second kappa shape index (κ2) is 11.5. The number of nitrogens with one attached hydrogen (secondary N) is 1. The number of halogens is 1. The maximum Gasteiger partial charge on any atom is 0.244 e. The van der Waals surface area contributed by atoms with Gasteiger partial charge in [-0.3, -0.25) is 13.9 Å². The number of sulfonamides is 1. The molecule has 0 aliphatic rings. The van der Waals surface area contributed by atoms with E-state index in [1.54, 1.807) is 24.3 Å². The van der Waals surface area contributed by atoms with Crippen molar-refractivity contribution in [2.45, 2.75) is 32.9 Å². The zero-order valence-electron chi connectivity index (χ0n) is 17.9. The predicted molar refractivity (Wildman–Crippen MR) is 131 cm³/mol. The van der Waals surface area contributed by atoms with Gasteiger partial charge in [-0.1, -0.05) is 37.3 Å². The summed E-state index contributed by atoms with van der Waals surface area (Å²) in [5.41, 5.74) is 1.26. The Morgan fingerprint density at radius 3 is 2.16 bits per heavy atom. The molecule has 2 aromatic rings. The van der Waals surface area contributed by atoms with Crippen LogP contribution in [0.5, 0.6) is 0 Å². The molecule has 7 nitrogen and oxygen atoms in total. The molecule has 168 valence electrons. The highest BCUT2D eigenvalue weighted by Gasteiger charge is 2.31. The Morgan fingerprint density at radius 2 is 1.65 bits per heavy atom. The molecule has 2 rings (SSSR count). The molecule has 9 heteroatoms. The first-order valence-corrected chi connectivity index (χ1v) is 12.9. The Bertz CT molecular complexity index is 982. The normalized spacial score (nSPS) is 12.1. The number of hydrogen-bond donors (Lipinski definition) is 1. The highest BCUT2D eigenvalue weighted by atomic mass is 127. The Kier molecular flexibility index (Phi) is 9.30. The van der Waals surface area contributed by atoms with Gasteiger partial charge in [-0.25, -0.2) is 8.42 Å². The van der Waals surface area contributed by atoms with Crippen molar-refractivity contribution >= 4 is 50.1 Å². The van der Waals surface area contributed by atoms with Gasteiger partial charge in [0.05, 0.1) is 11.9 Å². The van der Waals surface area contributed by atoms with Crippen LogP contribution in [0.25, 0.3) is 0 Å². The third-order valence-electron chi connectivity index (χ3n) is 4.73. The minimum atomic E-state index is -3.71. The first-order valence-electron chi connectivity index (χ1n) is 10.0. The fraction of sp³-hybridized carbons (Fsp3) is 0.364. The monoisotopic (exact) mass is 557 g/mol. The number of hydrogen-bond acceptors (Lipinski definition) is 4. The minimum absolute atomic E-state index is 0.208. The fourth-order valence-corrected chi connectivity index (χ4v) is 4.42. The van der Waals surface area contributed by atoms with E-state index in [2.05, 4.69) is 27.9 Å². The van der Waals surface area contributed by atoms with Crippen LogP contribution in [0.1, 0.15) is 25.8 Å². The van der Waals surface area contributed by atoms with E-state index < -0.39 is 22.0 Å². The van der Waals surface area contributed by atoms with Crippen molar-refractivity contribution < 1.29 is 18.0 Å². The zero-order valence-corrected chi connectivity index (χ0v) is 20.9. The van der Waals surface area contributed by atoms with Gasteiger partial charge in [0.2, 0.25) is 21.8 Å². The maximum atomic E-state index is 13.4. The van der Waals surface area contributed by atoms with Crippen LogP contribution in [-0.2, 0) is 26.2 Å². The summed E-state index contributed by atoms with van der Waals surface area (Å²) in [5.74, 6) is -0.694. The summed E-state index contributed by atoms with van der Waals surface area (Å²) < 4.78 is 27.0. The molecule has 0 saturated heterocycles. The maximum absolute atomic E-state index is 13.4. The van der Waals surface area contributed by atoms with E-state index in [-0.39, 0.29) is 19.0 Å². The average molecular weight is 557 g/mol. The van der Waals surface area contributed by atoms with Crippen LogP contribution in [0, 0.1) is 3.57 Å². The molecule has 2 amide bonds. The van der Waals surface area contributed by atoms with Gasteiger partial charge in [-0.15, -0.1) is 0 Å². The van der Waals surface area contributed by atoms with E-state index >= 15 is 0 Å². The summed E-state index contributed by atoms with van der Waals surface area (Å²) in [5, 5.41) is 2.77. The molecule has 1 N–H and O–H groups in total. The fourth-order valence-electron chi connectivity index (χ4n) is 3.21. The second-order valence-electron chi connectivity index (χ2n) is 7.07. The molecule has 0 fully saturated rings. The third-order valence-corrected chi connectivity index (χ3v) is 6.59. The molecule has 31 heavy (non-hydrogen) atoms. The highest BCUT2D eigenvalue weighted by molar-refractivity contribution is 14.1. The van der Waals surface area contributed by atoms with Crippen LogP contribution in [-0.4, -0.2) is 50.5 Å². The quantitative estimate of drug-likeness (QED) is 0.456. The SMILES string of the molecule is CCNC(=O)[C@H](CC)N(Cc1ccccc1)C(=O)CN(c1ccc(I)cc1)S(C)(=O)=O. The Balaban J connectivity index is 2.39. The van der Waals surface area contributed by atoms with E-state index in [1.807, 2.05) is 44.2 Å². The molecule has 0 aliphatic heterocycles. The number of nitrogens with zero attached hydrogens (tertiary/aromatic N) is 2. The molecule has 0 aliphatic carbocycles. The predicted octanol–water partition coefficient (Wildman–Crippen LogP) is 3.00. The van der Waals surface area contributed by atoms with E-state index in [9.17, 15) is 18.0 Å². The lowest BCUT2D eigenvalue weighted by atomic mass is 10.1. The number of anilines is 1. The van der Waals surface area contributed by atoms with Crippen molar-refractivity contribution in [1.29, 1.82) is 0 Å². The van der Waals surface area contributed by atoms with Gasteiger partial charge in [0, 0.05) is 16.7 Å². The van der Waals surface area contributed by atoms with Gasteiger partial charge >= 0.3 is 0 Å². The van der Waals surface area contributed by atoms with E-state index in [1.165, 1.54) is 4.90 Å². The van der Waals surface area contributed by atoms with Gasteiger partial charge in [0.15, 0.2) is 0 Å². The lowest BCUT2D eigenvalue weighted by molar-refractivity contribution is -0.140. The van der Waals surface area contributed by atoms with E-state index in [0.29, 0.717) is 18.7 Å². The van der Waals surface area contributed by atoms with E-state index in [0.717, 1.165) is 19.7 Å². The van der Waals surface area contributed by atoms with E-state index in [4.69, 9.17) is 0 Å². The lowest BCUT2D eigenvalue weighted by Gasteiger charge is -2.32. The number of amides is 2. The van der Waals surface area contributed by atoms with Crippen LogP contribution < -0.4 is 9.62 Å². The third kappa shape index (κ3) is 7.20. The molecular formula is C22H28IN3O4S. The Hall–Kier alpha value is -2.14. The molecule has 0 unspecified atom stereocenters. The Morgan fingerprint density at radius 1 is 1.03 bits per heavy atom. The molecule has 2 aromatic carbocycles. The van der Waals surface area contributed by atoms with Crippen molar-refractivity contribution in [2.75, 3.05) is 23.7 Å². The largest absolute Gasteiger partial charge is 0.355 e. The first kappa shape index (κ1) is 25.1. The van der Waals surface area contributed by atoms with Crippen LogP contribution in [0.3, 0.4) is 0 Å². The van der Waals surface area contributed by atoms with Gasteiger partial charge in [0.1, 0.15) is 12.6 Å². The summed E-state index contributed by atoms with van der Waals surface area (Å²) in [4.78, 5) is 27.5. The lowest BCUT2D eigenvalue weighted by Crippen LogP contribution is -2.52. The topological polar surface area (TPSA) is 86.8 Å². The number of likely N-dealkylation sites (N-methyl/N-ethyl adjacent to an activating group) is 1. The molecule has 0 radical (unpaired) electrons. The van der Waals surface area contributed by atoms with Gasteiger partial charge < -0.3 is 10.2 Å². The molecule has 0 saturated carbocycles. The molecule has 0 spiro atoms. The van der Waals surface area contributed by atoms with Gasteiger partial charge in [-0.05, 0) is 65.8 Å². The van der Waals surface area contributed by atoms with Crippen molar-refractivity contribution in [1.82, 2.24) is 10.2 Å². The molecule has 0 heterocycles. The summed E-state index contributed by atoms with van der Waals surface area (Å²) in [6.07, 6.45) is 1.48. The summed E-state index contributed by atoms with van der Waals surface area (Å²) in [6, 6.07) is 15.5. The highest BCUT2D eigenvalue weighted by Crippen LogP contribution is 2.21. The van der Waals surface area contributed by atoms with Crippen molar-refractivity contribution in [3.05, 3.63) is 63.7 Å². The van der Waals surface area contributed by atoms with Crippen LogP contribution >= 0.6 is 22.6 Å². The molecular weight excluding hydrogens is 529 g/mol. The van der Waals surface area contributed by atoms with Crippen molar-refractivity contribution in [2.24, 2.45) is 0 Å². The zero-order chi connectivity index (χ0) is 23.0. The smallest absolute Gasteiger partial charge is 0.244 e. The number of rotatable bonds is 10. The minimum Gasteiger partial charge on any atom is -0.355 e. The van der Waals surface area contributed by atoms with Gasteiger partial charge in [0.25, 0.3) is 0 Å². The summed E-state index contributed by atoms with van der Waals surface area (Å²) >= 11 is 2.13. The summed E-state index contributed by atoms with van der Waals surface area (Å²) in [7, 11) is -3.71.